The molecule has 0 heterocycles. The second kappa shape index (κ2) is 7.94. The van der Waals surface area contributed by atoms with Gasteiger partial charge in [0.05, 0.1) is 5.22 Å². The molecule has 0 radical (unpaired) electrons. The van der Waals surface area contributed by atoms with Gasteiger partial charge in [0.25, 0.3) is 0 Å². The Hall–Kier alpha value is 0.331. The molecule has 11 heteroatoms. The molecule has 0 aromatic rings. The van der Waals surface area contributed by atoms with Crippen LogP contribution in [0.15, 0.2) is 0 Å². The molecule has 0 bridgehead atoms. The molecule has 0 unspecified atom stereocenters. The average molecular weight is 373 g/mol. The van der Waals surface area contributed by atoms with Gasteiger partial charge in [-0.2, -0.15) is 0 Å². The lowest BCUT2D eigenvalue weighted by atomic mass is 10.5. The van der Waals surface area contributed by atoms with Crippen LogP contribution in [0.25, 0.3) is 0 Å². The highest BCUT2D eigenvalue weighted by Crippen LogP contribution is 2.30. The summed E-state index contributed by atoms with van der Waals surface area (Å²) in [5.41, 5.74) is -0.369. The van der Waals surface area contributed by atoms with Crippen LogP contribution in [0, 0.1) is 0 Å². The molecule has 0 aliphatic carbocycles. The van der Waals surface area contributed by atoms with Gasteiger partial charge in [0.1, 0.15) is 5.73 Å². The molecule has 0 aromatic carbocycles. The molecular weight excluding hydrogens is 340 g/mol. The molecule has 4 N–H and O–H groups in total. The first-order chi connectivity index (χ1) is 9.83. The summed E-state index contributed by atoms with van der Waals surface area (Å²) >= 11 is 0. The van der Waals surface area contributed by atoms with Crippen molar-refractivity contribution < 1.29 is 26.6 Å². The summed E-state index contributed by atoms with van der Waals surface area (Å²) in [6.45, 7) is 9.72. The van der Waals surface area contributed by atoms with Crippen molar-refractivity contribution in [1.29, 1.82) is 0 Å². The van der Waals surface area contributed by atoms with Crippen molar-refractivity contribution in [2.45, 2.75) is 44.8 Å². The van der Waals surface area contributed by atoms with E-state index in [1.165, 1.54) is 28.4 Å². The predicted molar refractivity (Wildman–Crippen MR) is 91.1 cm³/mol. The summed E-state index contributed by atoms with van der Waals surface area (Å²) in [6, 6.07) is 0. The quantitative estimate of drug-likeness (QED) is 0.529. The second-order valence-electron chi connectivity index (χ2n) is 6.02. The van der Waals surface area contributed by atoms with Crippen molar-refractivity contribution in [3.63, 3.8) is 0 Å². The molecule has 0 saturated heterocycles. The van der Waals surface area contributed by atoms with Crippen molar-refractivity contribution in [2.75, 3.05) is 28.4 Å². The normalized spacial score (nSPS) is 16.0. The van der Waals surface area contributed by atoms with Crippen LogP contribution in [0.1, 0.15) is 20.8 Å². The van der Waals surface area contributed by atoms with E-state index in [9.17, 15) is 0 Å². The molecule has 0 amide bonds. The van der Waals surface area contributed by atoms with Crippen molar-refractivity contribution in [1.82, 2.24) is 0 Å². The van der Waals surface area contributed by atoms with E-state index < -0.39 is 31.2 Å². The van der Waals surface area contributed by atoms with Gasteiger partial charge in [-0.25, -0.2) is 0 Å². The minimum absolute atomic E-state index is 0.369. The molecule has 0 aliphatic heterocycles. The van der Waals surface area contributed by atoms with Crippen molar-refractivity contribution in [3.05, 3.63) is 0 Å². The first-order valence-corrected chi connectivity index (χ1v) is 13.7. The molecule has 0 fully saturated rings. The highest BCUT2D eigenvalue weighted by molar-refractivity contribution is 6.76. The van der Waals surface area contributed by atoms with Crippen molar-refractivity contribution >= 4 is 26.0 Å². The maximum absolute atomic E-state index is 6.24. The van der Waals surface area contributed by atoms with Gasteiger partial charge < -0.3 is 32.0 Å². The van der Waals surface area contributed by atoms with Crippen LogP contribution in [0.5, 0.6) is 0 Å². The van der Waals surface area contributed by atoms with Gasteiger partial charge in [-0.05, 0) is 33.9 Å². The second-order valence-corrected chi connectivity index (χ2v) is 15.8. The maximum Gasteiger partial charge on any atom is 0.593 e. The Balaban J connectivity index is 5.20. The lowest BCUT2D eigenvalue weighted by molar-refractivity contribution is 0.0293. The fourth-order valence-corrected chi connectivity index (χ4v) is 7.72. The zero-order valence-corrected chi connectivity index (χ0v) is 18.2. The van der Waals surface area contributed by atoms with Gasteiger partial charge in [0.2, 0.25) is 8.32 Å². The molecule has 1 atom stereocenters. The lowest BCUT2D eigenvalue weighted by Crippen LogP contribution is -2.69. The lowest BCUT2D eigenvalue weighted by Gasteiger charge is -2.44. The van der Waals surface area contributed by atoms with Crippen LogP contribution in [0.3, 0.4) is 0 Å². The maximum atomic E-state index is 6.24. The van der Waals surface area contributed by atoms with Gasteiger partial charge in [-0.15, -0.1) is 0 Å². The fourth-order valence-electron chi connectivity index (χ4n) is 1.73. The Morgan fingerprint density at radius 3 is 1.59 bits per heavy atom. The minimum atomic E-state index is -3.18. The smallest absolute Gasteiger partial charge is 0.408 e. The summed E-state index contributed by atoms with van der Waals surface area (Å²) in [5, 5.41) is 11.5. The van der Waals surface area contributed by atoms with E-state index in [1.807, 2.05) is 33.9 Å². The van der Waals surface area contributed by atoms with Crippen LogP contribution in [-0.4, -0.2) is 65.4 Å². The van der Waals surface area contributed by atoms with E-state index in [0.717, 1.165) is 0 Å². The third-order valence-electron chi connectivity index (χ3n) is 4.09. The van der Waals surface area contributed by atoms with Crippen LogP contribution < -0.4 is 10.8 Å². The Bertz CT molecular complexity index is 351. The van der Waals surface area contributed by atoms with E-state index in [1.54, 1.807) is 0 Å². The molecule has 134 valence electrons. The Morgan fingerprint density at radius 2 is 1.27 bits per heavy atom. The third-order valence-corrected chi connectivity index (χ3v) is 12.9. The first-order valence-electron chi connectivity index (χ1n) is 6.99. The summed E-state index contributed by atoms with van der Waals surface area (Å²) < 4.78 is 33.3. The van der Waals surface area contributed by atoms with Crippen LogP contribution in [0.4, 0.5) is 0 Å². The molecule has 0 saturated carbocycles. The average Bonchev–Trinajstić information content (AvgIpc) is 2.44. The summed E-state index contributed by atoms with van der Waals surface area (Å²) in [6.07, 6.45) is 0. The summed E-state index contributed by atoms with van der Waals surface area (Å²) in [5.74, 6) is 0. The van der Waals surface area contributed by atoms with Gasteiger partial charge in [0.15, 0.2) is 0 Å². The van der Waals surface area contributed by atoms with Gasteiger partial charge in [-0.1, -0.05) is 0 Å². The van der Waals surface area contributed by atoms with Gasteiger partial charge >= 0.3 is 17.7 Å². The Morgan fingerprint density at radius 1 is 0.864 bits per heavy atom. The molecule has 0 spiro atoms. The molecule has 0 aromatic heterocycles. The highest BCUT2D eigenvalue weighted by Gasteiger charge is 2.53. The predicted octanol–water partition coefficient (Wildman–Crippen LogP) is 0.348. The summed E-state index contributed by atoms with van der Waals surface area (Å²) in [4.78, 5) is 0. The van der Waals surface area contributed by atoms with Crippen molar-refractivity contribution in [2.24, 2.45) is 10.8 Å². The van der Waals surface area contributed by atoms with E-state index in [-0.39, 0.29) is 5.73 Å². The molecule has 0 rings (SSSR count). The largest absolute Gasteiger partial charge is 0.593 e. The Kier molecular flexibility index (Phi) is 8.06. The fraction of sp³-hybridized carbons (Fsp3) is 1.00. The molecule has 0 aliphatic rings. The zero-order valence-electron chi connectivity index (χ0n) is 15.2. The van der Waals surface area contributed by atoms with E-state index in [0.29, 0.717) is 0 Å². The molecular formula is C11H32N2O6Si3. The van der Waals surface area contributed by atoms with E-state index >= 15 is 0 Å². The van der Waals surface area contributed by atoms with Crippen LogP contribution in [-0.2, 0) is 26.6 Å². The molecule has 8 nitrogen and oxygen atoms in total. The topological polar surface area (TPSA) is 107 Å². The number of nitrogens with two attached hydrogens (primary N) is 2. The molecule has 22 heavy (non-hydrogen) atoms. The summed E-state index contributed by atoms with van der Waals surface area (Å²) in [7, 11) is -2.49. The standard InChI is InChI=1S/C11H32N2O6Si3/c1-10(21(12,14-4)15-5)18-20(8,9)11(2,3)19-22(13,16-6)17-7/h10H,12-13H2,1-9H3/t10-/m1/s1. The monoisotopic (exact) mass is 372 g/mol. The van der Waals surface area contributed by atoms with E-state index in [4.69, 9.17) is 37.4 Å². The van der Waals surface area contributed by atoms with Gasteiger partial charge in [0, 0.05) is 28.4 Å². The Labute approximate surface area is 137 Å². The number of hydrogen-bond donors (Lipinski definition) is 2. The van der Waals surface area contributed by atoms with Crippen LogP contribution >= 0.6 is 0 Å². The van der Waals surface area contributed by atoms with E-state index in [2.05, 4.69) is 0 Å². The van der Waals surface area contributed by atoms with Crippen molar-refractivity contribution in [3.8, 4) is 0 Å². The zero-order chi connectivity index (χ0) is 17.8. The first kappa shape index (κ1) is 22.3. The minimum Gasteiger partial charge on any atom is -0.408 e. The number of rotatable bonds is 10. The van der Waals surface area contributed by atoms with Crippen LogP contribution in [0.2, 0.25) is 13.1 Å². The third kappa shape index (κ3) is 5.17. The number of hydrogen-bond acceptors (Lipinski definition) is 8. The highest BCUT2D eigenvalue weighted by atomic mass is 28.4. The van der Waals surface area contributed by atoms with Gasteiger partial charge in [-0.3, -0.25) is 5.40 Å². The SMILES string of the molecule is CO[Si](N)(OC)OC(C)(C)[Si](C)(C)O[C@@H](C)[Si](N)(OC)OC.